The van der Waals surface area contributed by atoms with Crippen molar-refractivity contribution in [2.45, 2.75) is 26.8 Å². The molecule has 1 aromatic heterocycles. The number of fused-ring (bicyclic) bond motifs is 1. The lowest BCUT2D eigenvalue weighted by atomic mass is 9.88. The van der Waals surface area contributed by atoms with E-state index >= 15 is 0 Å². The predicted octanol–water partition coefficient (Wildman–Crippen LogP) is 1.93. The molecule has 5 heteroatoms. The molecule has 0 amide bonds. The van der Waals surface area contributed by atoms with Gasteiger partial charge in [0.15, 0.2) is 0 Å². The fourth-order valence-corrected chi connectivity index (χ4v) is 1.72. The first-order valence-corrected chi connectivity index (χ1v) is 4.39. The number of hydrogen-bond donors (Lipinski definition) is 2. The van der Waals surface area contributed by atoms with Crippen LogP contribution in [0.3, 0.4) is 0 Å². The highest BCUT2D eigenvalue weighted by molar-refractivity contribution is 5.85. The van der Waals surface area contributed by atoms with Gasteiger partial charge in [0.1, 0.15) is 0 Å². The Bertz CT molecular complexity index is 283. The minimum Gasteiger partial charge on any atom is -0.312 e. The van der Waals surface area contributed by atoms with Crippen LogP contribution < -0.4 is 5.32 Å². The fourth-order valence-electron chi connectivity index (χ4n) is 1.72. The van der Waals surface area contributed by atoms with Crippen molar-refractivity contribution in [3.8, 4) is 0 Å². The highest BCUT2D eigenvalue weighted by Gasteiger charge is 2.23. The van der Waals surface area contributed by atoms with Crippen molar-refractivity contribution in [2.24, 2.45) is 5.41 Å². The number of aromatic amines is 1. The predicted molar refractivity (Wildman–Crippen MR) is 62.3 cm³/mol. The third-order valence-electron chi connectivity index (χ3n) is 2.38. The van der Waals surface area contributed by atoms with Crippen LogP contribution in [-0.4, -0.2) is 16.7 Å². The average Bonchev–Trinajstić information content (AvgIpc) is 2.31. The monoisotopic (exact) mass is 237 g/mol. The number of nitrogens with zero attached hydrogens (tertiary/aromatic N) is 1. The van der Waals surface area contributed by atoms with Crippen molar-refractivity contribution in [3.05, 3.63) is 17.5 Å². The summed E-state index contributed by atoms with van der Waals surface area (Å²) in [5.74, 6) is 0. The number of hydrogen-bond acceptors (Lipinski definition) is 2. The second-order valence-electron chi connectivity index (χ2n) is 4.32. The zero-order chi connectivity index (χ0) is 8.60. The summed E-state index contributed by atoms with van der Waals surface area (Å²) in [6.07, 6.45) is 3.01. The van der Waals surface area contributed by atoms with Gasteiger partial charge in [-0.15, -0.1) is 24.8 Å². The number of rotatable bonds is 0. The van der Waals surface area contributed by atoms with Gasteiger partial charge in [0, 0.05) is 24.3 Å². The lowest BCUT2D eigenvalue weighted by Crippen LogP contribution is -2.27. The first kappa shape index (κ1) is 13.8. The number of aromatic nitrogens is 2. The van der Waals surface area contributed by atoms with E-state index in [0.717, 1.165) is 19.5 Å². The van der Waals surface area contributed by atoms with Gasteiger partial charge in [-0.2, -0.15) is 5.10 Å². The molecule has 2 N–H and O–H groups in total. The van der Waals surface area contributed by atoms with Crippen LogP contribution in [0.25, 0.3) is 0 Å². The standard InChI is InChI=1S/C9H15N3.2ClH/c1-9(2)3-8-7(4-10-6-9)5-11-12-8;;/h5,10H,3-4,6H2,1-2H3,(H,11,12);2*1H. The summed E-state index contributed by atoms with van der Waals surface area (Å²) in [5, 5.41) is 10.5. The Hall–Kier alpha value is -0.250. The third-order valence-corrected chi connectivity index (χ3v) is 2.38. The second kappa shape index (κ2) is 5.01. The summed E-state index contributed by atoms with van der Waals surface area (Å²) >= 11 is 0. The van der Waals surface area contributed by atoms with Crippen molar-refractivity contribution in [1.82, 2.24) is 15.5 Å². The van der Waals surface area contributed by atoms with Gasteiger partial charge in [0.2, 0.25) is 0 Å². The molecule has 2 heterocycles. The van der Waals surface area contributed by atoms with E-state index in [9.17, 15) is 0 Å². The Balaban J connectivity index is 0.000000845. The van der Waals surface area contributed by atoms with E-state index in [1.165, 1.54) is 11.3 Å². The Labute approximate surface area is 96.9 Å². The Kier molecular flexibility index (Phi) is 4.92. The number of H-pyrrole nitrogens is 1. The molecule has 1 aliphatic rings. The molecule has 14 heavy (non-hydrogen) atoms. The molecule has 0 saturated carbocycles. The van der Waals surface area contributed by atoms with Crippen LogP contribution in [-0.2, 0) is 13.0 Å². The molecule has 3 nitrogen and oxygen atoms in total. The molecule has 1 aliphatic heterocycles. The van der Waals surface area contributed by atoms with Gasteiger partial charge in [-0.05, 0) is 11.8 Å². The van der Waals surface area contributed by atoms with E-state index in [0.29, 0.717) is 5.41 Å². The SMILES string of the molecule is CC1(C)CNCc2cn[nH]c2C1.Cl.Cl. The van der Waals surface area contributed by atoms with Crippen LogP contribution in [0.2, 0.25) is 0 Å². The smallest absolute Gasteiger partial charge is 0.0535 e. The second-order valence-corrected chi connectivity index (χ2v) is 4.32. The summed E-state index contributed by atoms with van der Waals surface area (Å²) in [4.78, 5) is 0. The summed E-state index contributed by atoms with van der Waals surface area (Å²) in [6.45, 7) is 6.58. The Morgan fingerprint density at radius 1 is 1.36 bits per heavy atom. The van der Waals surface area contributed by atoms with Crippen molar-refractivity contribution >= 4 is 24.8 Å². The summed E-state index contributed by atoms with van der Waals surface area (Å²) < 4.78 is 0. The maximum absolute atomic E-state index is 4.05. The van der Waals surface area contributed by atoms with Crippen LogP contribution in [0.15, 0.2) is 6.20 Å². The van der Waals surface area contributed by atoms with Gasteiger partial charge < -0.3 is 5.32 Å². The Morgan fingerprint density at radius 3 is 2.79 bits per heavy atom. The van der Waals surface area contributed by atoms with Crippen LogP contribution in [0, 0.1) is 5.41 Å². The first-order valence-electron chi connectivity index (χ1n) is 4.39. The molecule has 82 valence electrons. The molecule has 0 radical (unpaired) electrons. The third kappa shape index (κ3) is 2.87. The molecular weight excluding hydrogens is 221 g/mol. The van der Waals surface area contributed by atoms with E-state index in [2.05, 4.69) is 29.4 Å². The van der Waals surface area contributed by atoms with Gasteiger partial charge >= 0.3 is 0 Å². The van der Waals surface area contributed by atoms with Crippen molar-refractivity contribution in [2.75, 3.05) is 6.54 Å². The topological polar surface area (TPSA) is 40.7 Å². The van der Waals surface area contributed by atoms with Gasteiger partial charge in [0.05, 0.1) is 6.20 Å². The lowest BCUT2D eigenvalue weighted by Gasteiger charge is -2.21. The quantitative estimate of drug-likeness (QED) is 0.725. The highest BCUT2D eigenvalue weighted by Crippen LogP contribution is 2.24. The molecular formula is C9H17Cl2N3. The maximum atomic E-state index is 4.05. The molecule has 0 aliphatic carbocycles. The van der Waals surface area contributed by atoms with Crippen LogP contribution in [0.1, 0.15) is 25.1 Å². The summed E-state index contributed by atoms with van der Waals surface area (Å²) in [7, 11) is 0. The largest absolute Gasteiger partial charge is 0.312 e. The minimum atomic E-state index is 0. The fraction of sp³-hybridized carbons (Fsp3) is 0.667. The summed E-state index contributed by atoms with van der Waals surface area (Å²) in [5.41, 5.74) is 2.96. The Morgan fingerprint density at radius 2 is 2.07 bits per heavy atom. The van der Waals surface area contributed by atoms with Crippen molar-refractivity contribution < 1.29 is 0 Å². The molecule has 0 aromatic carbocycles. The molecule has 0 bridgehead atoms. The van der Waals surface area contributed by atoms with Gasteiger partial charge in [-0.25, -0.2) is 0 Å². The molecule has 0 fully saturated rings. The first-order chi connectivity index (χ1) is 5.67. The number of nitrogens with one attached hydrogen (secondary N) is 2. The van der Waals surface area contributed by atoms with E-state index in [-0.39, 0.29) is 24.8 Å². The number of halogens is 2. The summed E-state index contributed by atoms with van der Waals surface area (Å²) in [6, 6.07) is 0. The van der Waals surface area contributed by atoms with Crippen molar-refractivity contribution in [1.29, 1.82) is 0 Å². The average molecular weight is 238 g/mol. The minimum absolute atomic E-state index is 0. The highest BCUT2D eigenvalue weighted by atomic mass is 35.5. The van der Waals surface area contributed by atoms with Gasteiger partial charge in [-0.3, -0.25) is 5.10 Å². The van der Waals surface area contributed by atoms with E-state index in [1.807, 2.05) is 6.20 Å². The van der Waals surface area contributed by atoms with Crippen LogP contribution in [0.5, 0.6) is 0 Å². The maximum Gasteiger partial charge on any atom is 0.0535 e. The van der Waals surface area contributed by atoms with E-state index in [1.54, 1.807) is 0 Å². The molecule has 1 aromatic rings. The normalized spacial score (nSPS) is 18.4. The van der Waals surface area contributed by atoms with Crippen LogP contribution >= 0.6 is 24.8 Å². The molecule has 2 rings (SSSR count). The van der Waals surface area contributed by atoms with Crippen molar-refractivity contribution in [3.63, 3.8) is 0 Å². The van der Waals surface area contributed by atoms with Gasteiger partial charge in [0.25, 0.3) is 0 Å². The molecule has 0 unspecified atom stereocenters. The molecule has 0 atom stereocenters. The van der Waals surface area contributed by atoms with Gasteiger partial charge in [-0.1, -0.05) is 13.8 Å². The van der Waals surface area contributed by atoms with E-state index in [4.69, 9.17) is 0 Å². The molecule has 0 saturated heterocycles. The van der Waals surface area contributed by atoms with Crippen LogP contribution in [0.4, 0.5) is 0 Å². The lowest BCUT2D eigenvalue weighted by molar-refractivity contribution is 0.346. The zero-order valence-corrected chi connectivity index (χ0v) is 10.1. The molecule has 0 spiro atoms. The van der Waals surface area contributed by atoms with E-state index < -0.39 is 0 Å². The zero-order valence-electron chi connectivity index (χ0n) is 8.46.